The van der Waals surface area contributed by atoms with Crippen molar-refractivity contribution in [2.45, 2.75) is 24.6 Å². The Hall–Kier alpha value is -1.18. The van der Waals surface area contributed by atoms with E-state index in [1.54, 1.807) is 0 Å². The molecule has 0 aliphatic carbocycles. The second kappa shape index (κ2) is 5.24. The third kappa shape index (κ3) is 2.69. The Morgan fingerprint density at radius 2 is 2.25 bits per heavy atom. The number of methoxy groups -OCH3 is 1. The van der Waals surface area contributed by atoms with Gasteiger partial charge in [0.15, 0.2) is 0 Å². The van der Waals surface area contributed by atoms with E-state index in [1.807, 2.05) is 0 Å². The molecule has 1 saturated heterocycles. The lowest BCUT2D eigenvalue weighted by molar-refractivity contribution is -0.149. The minimum atomic E-state index is -1.13. The van der Waals surface area contributed by atoms with Crippen LogP contribution in [0.5, 0.6) is 0 Å². The highest BCUT2D eigenvalue weighted by Gasteiger charge is 2.40. The molecule has 0 bridgehead atoms. The number of hydrogen-bond acceptors (Lipinski definition) is 5. The Morgan fingerprint density at radius 3 is 2.75 bits per heavy atom. The molecule has 7 nitrogen and oxygen atoms in total. The highest BCUT2D eigenvalue weighted by molar-refractivity contribution is 5.87. The monoisotopic (exact) mass is 232 g/mol. The number of β-amino-alcohol motifs (C(OH)–C–C–N with tert-alkyl or cyclic N) is 1. The third-order valence-electron chi connectivity index (χ3n) is 2.51. The summed E-state index contributed by atoms with van der Waals surface area (Å²) in [5.41, 5.74) is 5.52. The molecule has 1 aliphatic rings. The smallest absolute Gasteiger partial charge is 0.326 e. The number of amides is 1. The normalized spacial score (nSPS) is 26.8. The van der Waals surface area contributed by atoms with E-state index in [0.29, 0.717) is 0 Å². The molecule has 1 unspecified atom stereocenters. The van der Waals surface area contributed by atoms with Crippen LogP contribution in [-0.4, -0.2) is 65.4 Å². The fraction of sp³-hybridized carbons (Fsp3) is 0.778. The van der Waals surface area contributed by atoms with Crippen LogP contribution in [0, 0.1) is 0 Å². The molecular weight excluding hydrogens is 216 g/mol. The highest BCUT2D eigenvalue weighted by atomic mass is 16.5. The van der Waals surface area contributed by atoms with Crippen molar-refractivity contribution in [2.75, 3.05) is 20.3 Å². The topological polar surface area (TPSA) is 113 Å². The molecule has 3 atom stereocenters. The number of aliphatic hydroxyl groups is 1. The van der Waals surface area contributed by atoms with Gasteiger partial charge in [0.05, 0.1) is 12.7 Å². The van der Waals surface area contributed by atoms with Gasteiger partial charge in [-0.15, -0.1) is 0 Å². The van der Waals surface area contributed by atoms with Crippen molar-refractivity contribution in [3.05, 3.63) is 0 Å². The van der Waals surface area contributed by atoms with Crippen molar-refractivity contribution in [1.82, 2.24) is 4.90 Å². The second-order valence-electron chi connectivity index (χ2n) is 3.80. The Bertz CT molecular complexity index is 283. The fourth-order valence-electron chi connectivity index (χ4n) is 1.76. The van der Waals surface area contributed by atoms with Crippen molar-refractivity contribution < 1.29 is 24.5 Å². The van der Waals surface area contributed by atoms with Crippen LogP contribution in [0.3, 0.4) is 0 Å². The number of nitrogens with two attached hydrogens (primary N) is 1. The van der Waals surface area contributed by atoms with Gasteiger partial charge in [0.25, 0.3) is 0 Å². The molecule has 7 heteroatoms. The summed E-state index contributed by atoms with van der Waals surface area (Å²) in [6.45, 7) is 0.0327. The lowest BCUT2D eigenvalue weighted by atomic mass is 10.2. The van der Waals surface area contributed by atoms with E-state index in [0.717, 1.165) is 4.90 Å². The van der Waals surface area contributed by atoms with Crippen LogP contribution in [0.1, 0.15) is 6.42 Å². The SMILES string of the molecule is COCC(N)C(=O)N1C[C@@H](O)C[C@H]1C(=O)O. The Kier molecular flexibility index (Phi) is 4.22. The minimum Gasteiger partial charge on any atom is -0.480 e. The van der Waals surface area contributed by atoms with Gasteiger partial charge in [0.1, 0.15) is 12.1 Å². The molecule has 1 aliphatic heterocycles. The first-order valence-corrected chi connectivity index (χ1v) is 4.93. The number of carboxylic acids is 1. The van der Waals surface area contributed by atoms with Crippen molar-refractivity contribution >= 4 is 11.9 Å². The molecular formula is C9H16N2O5. The molecule has 92 valence electrons. The first-order valence-electron chi connectivity index (χ1n) is 4.93. The molecule has 0 spiro atoms. The van der Waals surface area contributed by atoms with Gasteiger partial charge in [-0.1, -0.05) is 0 Å². The van der Waals surface area contributed by atoms with Gasteiger partial charge >= 0.3 is 5.97 Å². The van der Waals surface area contributed by atoms with Crippen molar-refractivity contribution in [3.8, 4) is 0 Å². The summed E-state index contributed by atoms with van der Waals surface area (Å²) in [6.07, 6.45) is -0.763. The van der Waals surface area contributed by atoms with Gasteiger partial charge in [-0.3, -0.25) is 4.79 Å². The summed E-state index contributed by atoms with van der Waals surface area (Å²) in [7, 11) is 1.40. The summed E-state index contributed by atoms with van der Waals surface area (Å²) in [5.74, 6) is -1.64. The van der Waals surface area contributed by atoms with Gasteiger partial charge in [-0.05, 0) is 0 Å². The summed E-state index contributed by atoms with van der Waals surface area (Å²) >= 11 is 0. The van der Waals surface area contributed by atoms with Crippen LogP contribution >= 0.6 is 0 Å². The number of nitrogens with zero attached hydrogens (tertiary/aromatic N) is 1. The van der Waals surface area contributed by atoms with E-state index in [-0.39, 0.29) is 19.6 Å². The number of aliphatic hydroxyl groups excluding tert-OH is 1. The van der Waals surface area contributed by atoms with Crippen LogP contribution in [0.2, 0.25) is 0 Å². The van der Waals surface area contributed by atoms with Gasteiger partial charge in [0, 0.05) is 20.1 Å². The van der Waals surface area contributed by atoms with Gasteiger partial charge in [0.2, 0.25) is 5.91 Å². The zero-order chi connectivity index (χ0) is 12.3. The van der Waals surface area contributed by atoms with Crippen LogP contribution in [0.4, 0.5) is 0 Å². The van der Waals surface area contributed by atoms with Crippen molar-refractivity contribution in [2.24, 2.45) is 5.73 Å². The quantitative estimate of drug-likeness (QED) is 0.517. The molecule has 0 radical (unpaired) electrons. The van der Waals surface area contributed by atoms with Gasteiger partial charge < -0.3 is 25.6 Å². The maximum atomic E-state index is 11.7. The Morgan fingerprint density at radius 1 is 1.62 bits per heavy atom. The number of ether oxygens (including phenoxy) is 1. The average molecular weight is 232 g/mol. The Balaban J connectivity index is 2.70. The summed E-state index contributed by atoms with van der Waals surface area (Å²) in [6, 6.07) is -1.89. The number of rotatable bonds is 4. The molecule has 1 heterocycles. The zero-order valence-corrected chi connectivity index (χ0v) is 9.00. The number of aliphatic carboxylic acids is 1. The molecule has 1 fully saturated rings. The van der Waals surface area contributed by atoms with E-state index >= 15 is 0 Å². The predicted octanol–water partition coefficient (Wildman–Crippen LogP) is -1.99. The van der Waals surface area contributed by atoms with Crippen LogP contribution < -0.4 is 5.73 Å². The summed E-state index contributed by atoms with van der Waals surface area (Å²) in [5, 5.41) is 18.2. The fourth-order valence-corrected chi connectivity index (χ4v) is 1.76. The Labute approximate surface area is 92.8 Å². The number of hydrogen-bond donors (Lipinski definition) is 3. The van der Waals surface area contributed by atoms with E-state index in [1.165, 1.54) is 7.11 Å². The molecule has 0 aromatic heterocycles. The third-order valence-corrected chi connectivity index (χ3v) is 2.51. The molecule has 16 heavy (non-hydrogen) atoms. The van der Waals surface area contributed by atoms with E-state index in [2.05, 4.69) is 0 Å². The number of carbonyl (C=O) groups is 2. The lowest BCUT2D eigenvalue weighted by Crippen LogP contribution is -2.50. The number of likely N-dealkylation sites (tertiary alicyclic amines) is 1. The summed E-state index contributed by atoms with van der Waals surface area (Å²) in [4.78, 5) is 23.7. The first kappa shape index (κ1) is 12.9. The van der Waals surface area contributed by atoms with E-state index in [4.69, 9.17) is 15.6 Å². The van der Waals surface area contributed by atoms with Crippen molar-refractivity contribution in [3.63, 3.8) is 0 Å². The number of carboxylic acid groups (broad SMARTS) is 1. The molecule has 0 aromatic rings. The summed E-state index contributed by atoms with van der Waals surface area (Å²) < 4.78 is 4.72. The molecule has 0 saturated carbocycles. The van der Waals surface area contributed by atoms with E-state index < -0.39 is 30.1 Å². The molecule has 0 aromatic carbocycles. The second-order valence-corrected chi connectivity index (χ2v) is 3.80. The number of carbonyl (C=O) groups excluding carboxylic acids is 1. The molecule has 1 amide bonds. The van der Waals surface area contributed by atoms with Gasteiger partial charge in [-0.25, -0.2) is 4.79 Å². The van der Waals surface area contributed by atoms with Crippen molar-refractivity contribution in [1.29, 1.82) is 0 Å². The predicted molar refractivity (Wildman–Crippen MR) is 53.6 cm³/mol. The first-order chi connectivity index (χ1) is 7.47. The molecule has 4 N–H and O–H groups in total. The maximum absolute atomic E-state index is 11.7. The highest BCUT2D eigenvalue weighted by Crippen LogP contribution is 2.18. The minimum absolute atomic E-state index is 0.00716. The zero-order valence-electron chi connectivity index (χ0n) is 9.00. The maximum Gasteiger partial charge on any atom is 0.326 e. The van der Waals surface area contributed by atoms with Crippen LogP contribution in [-0.2, 0) is 14.3 Å². The van der Waals surface area contributed by atoms with Crippen LogP contribution in [0.15, 0.2) is 0 Å². The van der Waals surface area contributed by atoms with E-state index in [9.17, 15) is 14.7 Å². The average Bonchev–Trinajstić information content (AvgIpc) is 2.59. The largest absolute Gasteiger partial charge is 0.480 e. The van der Waals surface area contributed by atoms with Gasteiger partial charge in [-0.2, -0.15) is 0 Å². The van der Waals surface area contributed by atoms with Crippen LogP contribution in [0.25, 0.3) is 0 Å². The molecule has 1 rings (SSSR count). The lowest BCUT2D eigenvalue weighted by Gasteiger charge is -2.24. The standard InChI is InChI=1S/C9H16N2O5/c1-16-4-6(10)8(13)11-3-5(12)2-7(11)9(14)15/h5-7,12H,2-4,10H2,1H3,(H,14,15)/t5-,6?,7-/m0/s1.